The van der Waals surface area contributed by atoms with E-state index in [0.29, 0.717) is 5.92 Å². The third-order valence-electron chi connectivity index (χ3n) is 4.64. The van der Waals surface area contributed by atoms with E-state index in [2.05, 4.69) is 10.2 Å². The number of hydrogen-bond donors (Lipinski definition) is 2. The zero-order valence-corrected chi connectivity index (χ0v) is 12.8. The van der Waals surface area contributed by atoms with E-state index in [0.717, 1.165) is 19.4 Å². The SMILES string of the molecule is CN1C[C@@]2(N)CCCC[C@H]2C[C@H]1C(=O)NC(C)(C)C. The highest BCUT2D eigenvalue weighted by molar-refractivity contribution is 5.82. The third-order valence-corrected chi connectivity index (χ3v) is 4.64. The molecule has 1 aliphatic carbocycles. The lowest BCUT2D eigenvalue weighted by Gasteiger charge is -2.51. The highest BCUT2D eigenvalue weighted by Gasteiger charge is 2.46. The Balaban J connectivity index is 2.06. The fraction of sp³-hybridized carbons (Fsp3) is 0.933. The average Bonchev–Trinajstić information content (AvgIpc) is 2.24. The average molecular weight is 267 g/mol. The van der Waals surface area contributed by atoms with Gasteiger partial charge < -0.3 is 11.1 Å². The Morgan fingerprint density at radius 2 is 2.05 bits per heavy atom. The highest BCUT2D eigenvalue weighted by atomic mass is 16.2. The van der Waals surface area contributed by atoms with Gasteiger partial charge in [0.15, 0.2) is 0 Å². The molecule has 0 aromatic heterocycles. The molecule has 0 radical (unpaired) electrons. The summed E-state index contributed by atoms with van der Waals surface area (Å²) in [6, 6.07) is -0.0148. The molecule has 2 fully saturated rings. The lowest BCUT2D eigenvalue weighted by Crippen LogP contribution is -2.65. The first-order valence-electron chi connectivity index (χ1n) is 7.52. The van der Waals surface area contributed by atoms with Crippen molar-refractivity contribution in [2.75, 3.05) is 13.6 Å². The molecular weight excluding hydrogens is 238 g/mol. The minimum Gasteiger partial charge on any atom is -0.350 e. The number of likely N-dealkylation sites (tertiary alicyclic amines) is 1. The van der Waals surface area contributed by atoms with E-state index < -0.39 is 0 Å². The number of nitrogens with one attached hydrogen (secondary N) is 1. The molecule has 0 bridgehead atoms. The Kier molecular flexibility index (Phi) is 3.94. The zero-order valence-electron chi connectivity index (χ0n) is 12.8. The van der Waals surface area contributed by atoms with Crippen molar-refractivity contribution in [1.82, 2.24) is 10.2 Å². The minimum absolute atomic E-state index is 0.0148. The van der Waals surface area contributed by atoms with Crippen molar-refractivity contribution >= 4 is 5.91 Å². The smallest absolute Gasteiger partial charge is 0.237 e. The monoisotopic (exact) mass is 267 g/mol. The van der Waals surface area contributed by atoms with Crippen molar-refractivity contribution in [2.24, 2.45) is 11.7 Å². The summed E-state index contributed by atoms with van der Waals surface area (Å²) < 4.78 is 0. The molecule has 1 aliphatic heterocycles. The minimum atomic E-state index is -0.165. The van der Waals surface area contributed by atoms with Crippen LogP contribution in [0.1, 0.15) is 52.9 Å². The van der Waals surface area contributed by atoms with Gasteiger partial charge in [-0.1, -0.05) is 12.8 Å². The second-order valence-electron chi connectivity index (χ2n) is 7.58. The fourth-order valence-electron chi connectivity index (χ4n) is 3.68. The van der Waals surface area contributed by atoms with Gasteiger partial charge in [-0.3, -0.25) is 9.69 Å². The van der Waals surface area contributed by atoms with E-state index in [4.69, 9.17) is 5.73 Å². The van der Waals surface area contributed by atoms with Gasteiger partial charge in [-0.2, -0.15) is 0 Å². The van der Waals surface area contributed by atoms with Crippen molar-refractivity contribution < 1.29 is 4.79 Å². The topological polar surface area (TPSA) is 58.4 Å². The van der Waals surface area contributed by atoms with Crippen LogP contribution in [-0.2, 0) is 4.79 Å². The summed E-state index contributed by atoms with van der Waals surface area (Å²) in [6.07, 6.45) is 5.70. The summed E-state index contributed by atoms with van der Waals surface area (Å²) in [4.78, 5) is 14.6. The summed E-state index contributed by atoms with van der Waals surface area (Å²) in [5.41, 5.74) is 6.34. The molecule has 1 saturated carbocycles. The number of nitrogens with zero attached hydrogens (tertiary/aromatic N) is 1. The maximum Gasteiger partial charge on any atom is 0.237 e. The molecule has 2 aliphatic rings. The molecule has 3 atom stereocenters. The van der Waals surface area contributed by atoms with Gasteiger partial charge in [0, 0.05) is 17.6 Å². The number of nitrogens with two attached hydrogens (primary N) is 1. The van der Waals surface area contributed by atoms with Gasteiger partial charge in [0.05, 0.1) is 6.04 Å². The summed E-state index contributed by atoms with van der Waals surface area (Å²) in [7, 11) is 2.03. The number of carbonyl (C=O) groups excluding carboxylic acids is 1. The molecule has 1 heterocycles. The maximum atomic E-state index is 12.4. The van der Waals surface area contributed by atoms with Crippen LogP contribution in [0.2, 0.25) is 0 Å². The zero-order chi connectivity index (χ0) is 14.3. The summed E-state index contributed by atoms with van der Waals surface area (Å²) in [5.74, 6) is 0.663. The molecule has 0 aromatic rings. The molecule has 0 spiro atoms. The molecule has 2 rings (SSSR count). The molecule has 0 aromatic carbocycles. The number of rotatable bonds is 1. The summed E-state index contributed by atoms with van der Waals surface area (Å²) in [6.45, 7) is 6.94. The van der Waals surface area contributed by atoms with E-state index in [1.54, 1.807) is 0 Å². The standard InChI is InChI=1S/C15H29N3O/c1-14(2,3)17-13(19)12-9-11-7-5-6-8-15(11,16)10-18(12)4/h11-12H,5-10,16H2,1-4H3,(H,17,19)/t11-,12-,15-/m0/s1. The third kappa shape index (κ3) is 3.29. The molecule has 110 valence electrons. The van der Waals surface area contributed by atoms with Gasteiger partial charge in [-0.15, -0.1) is 0 Å². The Hall–Kier alpha value is -0.610. The normalized spacial score (nSPS) is 36.7. The van der Waals surface area contributed by atoms with E-state index in [9.17, 15) is 4.79 Å². The maximum absolute atomic E-state index is 12.4. The highest BCUT2D eigenvalue weighted by Crippen LogP contribution is 2.39. The van der Waals surface area contributed by atoms with Crippen molar-refractivity contribution in [3.63, 3.8) is 0 Å². The Morgan fingerprint density at radius 1 is 1.37 bits per heavy atom. The molecular formula is C15H29N3O. The van der Waals surface area contributed by atoms with Crippen LogP contribution in [-0.4, -0.2) is 41.5 Å². The van der Waals surface area contributed by atoms with Crippen LogP contribution >= 0.6 is 0 Å². The van der Waals surface area contributed by atoms with Crippen LogP contribution in [0.5, 0.6) is 0 Å². The first-order chi connectivity index (χ1) is 8.71. The van der Waals surface area contributed by atoms with Crippen molar-refractivity contribution in [2.45, 2.75) is 70.0 Å². The van der Waals surface area contributed by atoms with Crippen LogP contribution in [0.3, 0.4) is 0 Å². The van der Waals surface area contributed by atoms with Gasteiger partial charge in [-0.05, 0) is 53.0 Å². The lowest BCUT2D eigenvalue weighted by molar-refractivity contribution is -0.131. The molecule has 0 unspecified atom stereocenters. The quantitative estimate of drug-likeness (QED) is 0.757. The molecule has 4 heteroatoms. The predicted octanol–water partition coefficient (Wildman–Crippen LogP) is 1.49. The molecule has 3 N–H and O–H groups in total. The number of amides is 1. The Bertz CT molecular complexity index is 350. The molecule has 4 nitrogen and oxygen atoms in total. The second kappa shape index (κ2) is 5.06. The number of likely N-dealkylation sites (N-methyl/N-ethyl adjacent to an activating group) is 1. The van der Waals surface area contributed by atoms with Gasteiger partial charge in [0.25, 0.3) is 0 Å². The summed E-state index contributed by atoms with van der Waals surface area (Å²) in [5, 5.41) is 3.11. The van der Waals surface area contributed by atoms with Crippen molar-refractivity contribution in [3.8, 4) is 0 Å². The predicted molar refractivity (Wildman–Crippen MR) is 77.8 cm³/mol. The summed E-state index contributed by atoms with van der Waals surface area (Å²) >= 11 is 0. The van der Waals surface area contributed by atoms with E-state index in [-0.39, 0.29) is 23.0 Å². The Labute approximate surface area is 117 Å². The largest absolute Gasteiger partial charge is 0.350 e. The van der Waals surface area contributed by atoms with Crippen LogP contribution < -0.4 is 11.1 Å². The Morgan fingerprint density at radius 3 is 2.68 bits per heavy atom. The first-order valence-corrected chi connectivity index (χ1v) is 7.52. The van der Waals surface area contributed by atoms with Gasteiger partial charge in [0.2, 0.25) is 5.91 Å². The second-order valence-corrected chi connectivity index (χ2v) is 7.58. The van der Waals surface area contributed by atoms with E-state index >= 15 is 0 Å². The number of hydrogen-bond acceptors (Lipinski definition) is 3. The van der Waals surface area contributed by atoms with E-state index in [1.165, 1.54) is 19.3 Å². The number of carbonyl (C=O) groups is 1. The van der Waals surface area contributed by atoms with Crippen molar-refractivity contribution in [1.29, 1.82) is 0 Å². The number of piperidine rings is 1. The van der Waals surface area contributed by atoms with Gasteiger partial charge >= 0.3 is 0 Å². The van der Waals surface area contributed by atoms with Gasteiger partial charge in [0.1, 0.15) is 0 Å². The molecule has 19 heavy (non-hydrogen) atoms. The first kappa shape index (κ1) is 14.8. The molecule has 1 saturated heterocycles. The van der Waals surface area contributed by atoms with Crippen LogP contribution in [0.4, 0.5) is 0 Å². The van der Waals surface area contributed by atoms with Crippen LogP contribution in [0, 0.1) is 5.92 Å². The van der Waals surface area contributed by atoms with Crippen LogP contribution in [0.15, 0.2) is 0 Å². The van der Waals surface area contributed by atoms with Crippen molar-refractivity contribution in [3.05, 3.63) is 0 Å². The molecule has 1 amide bonds. The van der Waals surface area contributed by atoms with E-state index in [1.807, 2.05) is 27.8 Å². The number of fused-ring (bicyclic) bond motifs is 1. The lowest BCUT2D eigenvalue weighted by atomic mass is 9.68. The van der Waals surface area contributed by atoms with Crippen LogP contribution in [0.25, 0.3) is 0 Å². The fourth-order valence-corrected chi connectivity index (χ4v) is 3.68. The van der Waals surface area contributed by atoms with Gasteiger partial charge in [-0.25, -0.2) is 0 Å².